The average Bonchev–Trinajstić information content (AvgIpc) is 2.62. The van der Waals surface area contributed by atoms with Crippen LogP contribution in [0.4, 0.5) is 0 Å². The summed E-state index contributed by atoms with van der Waals surface area (Å²) in [6.45, 7) is 1.27. The molecular formula is C15H26N6O7S. The first-order valence-corrected chi connectivity index (χ1v) is 9.09. The molecule has 0 aliphatic rings. The number of rotatable bonds is 13. The lowest BCUT2D eigenvalue weighted by Crippen LogP contribution is -2.57. The van der Waals surface area contributed by atoms with Crippen LogP contribution in [-0.4, -0.2) is 70.5 Å². The van der Waals surface area contributed by atoms with Crippen molar-refractivity contribution in [2.45, 2.75) is 50.4 Å². The molecule has 0 rings (SSSR count). The molecule has 0 spiro atoms. The minimum Gasteiger partial charge on any atom is -0.480 e. The van der Waals surface area contributed by atoms with Crippen molar-refractivity contribution in [1.29, 1.82) is 0 Å². The minimum absolute atomic E-state index is 0.0165. The summed E-state index contributed by atoms with van der Waals surface area (Å²) in [5.74, 6) is -5.54. The van der Waals surface area contributed by atoms with Gasteiger partial charge < -0.3 is 38.3 Å². The number of carbonyl (C=O) groups is 6. The van der Waals surface area contributed by atoms with Crippen LogP contribution in [0.5, 0.6) is 0 Å². The molecule has 0 saturated carbocycles. The van der Waals surface area contributed by atoms with E-state index in [9.17, 15) is 28.8 Å². The van der Waals surface area contributed by atoms with Gasteiger partial charge in [0.1, 0.15) is 18.1 Å². The van der Waals surface area contributed by atoms with Gasteiger partial charge in [0, 0.05) is 12.2 Å². The van der Waals surface area contributed by atoms with E-state index >= 15 is 0 Å². The van der Waals surface area contributed by atoms with E-state index in [0.29, 0.717) is 0 Å². The highest BCUT2D eigenvalue weighted by Crippen LogP contribution is 1.98. The maximum Gasteiger partial charge on any atom is 0.326 e. The van der Waals surface area contributed by atoms with E-state index in [0.717, 1.165) is 0 Å². The third-order valence-corrected chi connectivity index (χ3v) is 3.99. The van der Waals surface area contributed by atoms with Crippen LogP contribution in [0.3, 0.4) is 0 Å². The molecule has 5 amide bonds. The van der Waals surface area contributed by atoms with Crippen LogP contribution in [0.2, 0.25) is 0 Å². The number of carboxylic acids is 1. The molecule has 0 aliphatic carbocycles. The van der Waals surface area contributed by atoms with Gasteiger partial charge in [-0.25, -0.2) is 4.79 Å². The highest BCUT2D eigenvalue weighted by Gasteiger charge is 2.28. The zero-order chi connectivity index (χ0) is 22.7. The molecule has 29 heavy (non-hydrogen) atoms. The molecule has 0 aliphatic heterocycles. The maximum absolute atomic E-state index is 12.3. The molecule has 4 atom stereocenters. The topological polar surface area (TPSA) is 237 Å². The zero-order valence-electron chi connectivity index (χ0n) is 15.7. The molecule has 164 valence electrons. The largest absolute Gasteiger partial charge is 0.480 e. The molecule has 0 aromatic rings. The first-order chi connectivity index (χ1) is 13.4. The first-order valence-electron chi connectivity index (χ1n) is 8.46. The van der Waals surface area contributed by atoms with Crippen molar-refractivity contribution in [1.82, 2.24) is 16.0 Å². The minimum atomic E-state index is -1.55. The van der Waals surface area contributed by atoms with Crippen molar-refractivity contribution in [3.05, 3.63) is 0 Å². The monoisotopic (exact) mass is 434 g/mol. The van der Waals surface area contributed by atoms with Gasteiger partial charge in [-0.15, -0.1) is 0 Å². The Balaban J connectivity index is 4.80. The Morgan fingerprint density at radius 3 is 1.90 bits per heavy atom. The summed E-state index contributed by atoms with van der Waals surface area (Å²) in [6.07, 6.45) is -0.753. The van der Waals surface area contributed by atoms with Gasteiger partial charge in [-0.3, -0.25) is 24.0 Å². The average molecular weight is 434 g/mol. The second kappa shape index (κ2) is 12.6. The maximum atomic E-state index is 12.3. The Hall–Kier alpha value is -2.87. The fraction of sp³-hybridized carbons (Fsp3) is 0.600. The number of nitrogens with two attached hydrogens (primary N) is 3. The van der Waals surface area contributed by atoms with Crippen LogP contribution in [-0.2, 0) is 28.8 Å². The van der Waals surface area contributed by atoms with E-state index in [4.69, 9.17) is 22.3 Å². The number of carbonyl (C=O) groups excluding carboxylic acids is 5. The number of thiol groups is 1. The zero-order valence-corrected chi connectivity index (χ0v) is 16.6. The number of nitrogens with one attached hydrogen (secondary N) is 3. The number of carboxylic acid groups (broad SMARTS) is 1. The molecule has 0 saturated heterocycles. The fourth-order valence-electron chi connectivity index (χ4n) is 1.98. The molecular weight excluding hydrogens is 408 g/mol. The third-order valence-electron chi connectivity index (χ3n) is 3.63. The SMILES string of the molecule is CC(NC(=O)C(CS)NC(=O)C(N)CCC(N)=O)C(=O)NC(CC(N)=O)C(=O)O. The van der Waals surface area contributed by atoms with E-state index in [1.807, 2.05) is 0 Å². The predicted molar refractivity (Wildman–Crippen MR) is 103 cm³/mol. The van der Waals surface area contributed by atoms with E-state index in [1.54, 1.807) is 0 Å². The van der Waals surface area contributed by atoms with Crippen molar-refractivity contribution in [2.24, 2.45) is 17.2 Å². The predicted octanol–water partition coefficient (Wildman–Crippen LogP) is -4.06. The number of hydrogen-bond donors (Lipinski definition) is 8. The van der Waals surface area contributed by atoms with Crippen LogP contribution in [0.15, 0.2) is 0 Å². The molecule has 0 bridgehead atoms. The Bertz CT molecular complexity index is 659. The molecule has 0 fully saturated rings. The summed E-state index contributed by atoms with van der Waals surface area (Å²) in [4.78, 5) is 68.9. The Morgan fingerprint density at radius 1 is 0.897 bits per heavy atom. The van der Waals surface area contributed by atoms with Crippen LogP contribution < -0.4 is 33.2 Å². The van der Waals surface area contributed by atoms with Crippen molar-refractivity contribution < 1.29 is 33.9 Å². The normalized spacial score (nSPS) is 14.6. The van der Waals surface area contributed by atoms with Crippen molar-refractivity contribution >= 4 is 48.1 Å². The summed E-state index contributed by atoms with van der Waals surface area (Å²) >= 11 is 3.96. The lowest BCUT2D eigenvalue weighted by atomic mass is 10.1. The molecule has 0 aromatic heterocycles. The highest BCUT2D eigenvalue weighted by atomic mass is 32.1. The fourth-order valence-corrected chi connectivity index (χ4v) is 2.24. The summed E-state index contributed by atoms with van der Waals surface area (Å²) in [5, 5.41) is 15.7. The quantitative estimate of drug-likeness (QED) is 0.132. The van der Waals surface area contributed by atoms with Crippen LogP contribution in [0, 0.1) is 0 Å². The number of amides is 5. The van der Waals surface area contributed by atoms with Gasteiger partial charge >= 0.3 is 5.97 Å². The van der Waals surface area contributed by atoms with Gasteiger partial charge in [-0.2, -0.15) is 12.6 Å². The smallest absolute Gasteiger partial charge is 0.326 e. The molecule has 14 heteroatoms. The summed E-state index contributed by atoms with van der Waals surface area (Å²) in [6, 6.07) is -4.98. The van der Waals surface area contributed by atoms with Crippen molar-refractivity contribution in [3.63, 3.8) is 0 Å². The lowest BCUT2D eigenvalue weighted by Gasteiger charge is -2.22. The van der Waals surface area contributed by atoms with E-state index in [1.165, 1.54) is 6.92 Å². The van der Waals surface area contributed by atoms with E-state index in [2.05, 4.69) is 28.6 Å². The van der Waals surface area contributed by atoms with Gasteiger partial charge in [0.2, 0.25) is 29.5 Å². The summed E-state index contributed by atoms with van der Waals surface area (Å²) in [5.41, 5.74) is 15.5. The van der Waals surface area contributed by atoms with Crippen LogP contribution in [0.25, 0.3) is 0 Å². The molecule has 4 unspecified atom stereocenters. The number of primary amides is 2. The van der Waals surface area contributed by atoms with Crippen molar-refractivity contribution in [2.75, 3.05) is 5.75 Å². The molecule has 0 aromatic carbocycles. The summed E-state index contributed by atoms with van der Waals surface area (Å²) < 4.78 is 0. The number of aliphatic carboxylic acids is 1. The Labute approximate surface area is 171 Å². The van der Waals surface area contributed by atoms with Gasteiger partial charge in [0.15, 0.2) is 0 Å². The molecule has 0 radical (unpaired) electrons. The molecule has 13 nitrogen and oxygen atoms in total. The second-order valence-electron chi connectivity index (χ2n) is 6.16. The Kier molecular flexibility index (Phi) is 11.3. The second-order valence-corrected chi connectivity index (χ2v) is 6.52. The first kappa shape index (κ1) is 26.1. The van der Waals surface area contributed by atoms with Gasteiger partial charge in [0.05, 0.1) is 12.5 Å². The lowest BCUT2D eigenvalue weighted by molar-refractivity contribution is -0.143. The van der Waals surface area contributed by atoms with Gasteiger partial charge in [-0.05, 0) is 13.3 Å². The standard InChI is InChI=1S/C15H26N6O7S/c1-6(12(24)20-8(15(27)28)4-11(18)23)19-14(26)9(5-29)21-13(25)7(16)2-3-10(17)22/h6-9,29H,2-5,16H2,1H3,(H2,17,22)(H2,18,23)(H,19,26)(H,20,24)(H,21,25)(H,27,28). The van der Waals surface area contributed by atoms with Crippen LogP contribution >= 0.6 is 12.6 Å². The van der Waals surface area contributed by atoms with Gasteiger partial charge in [-0.1, -0.05) is 0 Å². The number of hydrogen-bond acceptors (Lipinski definition) is 8. The summed E-state index contributed by atoms with van der Waals surface area (Å²) in [7, 11) is 0. The van der Waals surface area contributed by atoms with E-state index < -0.39 is 66.1 Å². The van der Waals surface area contributed by atoms with Crippen LogP contribution in [0.1, 0.15) is 26.2 Å². The Morgan fingerprint density at radius 2 is 1.45 bits per heavy atom. The molecule has 10 N–H and O–H groups in total. The highest BCUT2D eigenvalue weighted by molar-refractivity contribution is 7.80. The van der Waals surface area contributed by atoms with Gasteiger partial charge in [0.25, 0.3) is 0 Å². The third kappa shape index (κ3) is 10.3. The van der Waals surface area contributed by atoms with Crippen molar-refractivity contribution in [3.8, 4) is 0 Å². The van der Waals surface area contributed by atoms with E-state index in [-0.39, 0.29) is 18.6 Å². The molecule has 0 heterocycles.